The first kappa shape index (κ1) is 44.0. The van der Waals surface area contributed by atoms with Crippen LogP contribution in [0.15, 0.2) is 0 Å². The number of unbranched alkanes of at least 4 members (excludes halogenated alkanes) is 9. The number of rotatable bonds is 32. The van der Waals surface area contributed by atoms with Gasteiger partial charge in [0.05, 0.1) is 39.5 Å². The van der Waals surface area contributed by atoms with Crippen LogP contribution in [-0.2, 0) is 33.4 Å². The van der Waals surface area contributed by atoms with E-state index < -0.39 is 43.1 Å². The lowest BCUT2D eigenvalue weighted by Crippen LogP contribution is -2.46. The minimum Gasteiger partial charge on any atom is -0.480 e. The molecule has 0 rings (SSSR count). The number of amides is 3. The number of carbonyl (C=O) groups is 6. The highest BCUT2D eigenvalue weighted by atomic mass is 32.2. The fraction of sp³-hybridized carbons (Fsp3) is 0.806. The number of hydrogen-bond acceptors (Lipinski definition) is 10. The van der Waals surface area contributed by atoms with Crippen LogP contribution in [0.1, 0.15) is 90.4 Å². The zero-order valence-electron chi connectivity index (χ0n) is 27.8. The number of nitrogens with one attached hydrogen (secondary N) is 3. The van der Waals surface area contributed by atoms with Crippen molar-refractivity contribution in [1.82, 2.24) is 20.9 Å². The van der Waals surface area contributed by atoms with Crippen LogP contribution < -0.4 is 16.0 Å². The Hall–Kier alpha value is -2.95. The van der Waals surface area contributed by atoms with E-state index in [1.807, 2.05) is 0 Å². The average Bonchev–Trinajstić information content (AvgIpc) is 2.99. The van der Waals surface area contributed by atoms with Gasteiger partial charge in [0.25, 0.3) is 0 Å². The third kappa shape index (κ3) is 30.2. The number of carboxylic acid groups (broad SMARTS) is 3. The Bertz CT molecular complexity index is 895. The highest BCUT2D eigenvalue weighted by molar-refractivity contribution is 8.13. The first-order chi connectivity index (χ1) is 22.5. The summed E-state index contributed by atoms with van der Waals surface area (Å²) in [6, 6.07) is -1.68. The third-order valence-corrected chi connectivity index (χ3v) is 7.82. The molecule has 3 amide bonds. The maximum Gasteiger partial charge on any atom is 0.320 e. The van der Waals surface area contributed by atoms with Crippen LogP contribution in [0, 0.1) is 0 Å². The summed E-state index contributed by atoms with van der Waals surface area (Å²) >= 11 is 1.41. The van der Waals surface area contributed by atoms with Gasteiger partial charge in [-0.15, -0.1) is 0 Å². The SMILES string of the molecule is CC(=O)SCCCCCCCCCCCC(=O)NCCOCCOCCNC(=O)NCCCCC(C(=O)O)N(CC(=O)O)CC(=O)O. The topological polar surface area (TPSA) is 221 Å². The van der Waals surface area contributed by atoms with Crippen LogP contribution in [0.25, 0.3) is 0 Å². The smallest absolute Gasteiger partial charge is 0.320 e. The van der Waals surface area contributed by atoms with Crippen molar-refractivity contribution in [2.45, 2.75) is 96.4 Å². The van der Waals surface area contributed by atoms with E-state index in [0.717, 1.165) is 36.3 Å². The number of aliphatic carboxylic acids is 3. The monoisotopic (exact) mass is 692 g/mol. The van der Waals surface area contributed by atoms with E-state index in [2.05, 4.69) is 16.0 Å². The molecule has 0 aliphatic rings. The molecule has 1 unspecified atom stereocenters. The molecule has 0 radical (unpaired) electrons. The number of urea groups is 1. The second-order valence-electron chi connectivity index (χ2n) is 11.1. The Kier molecular flexibility index (Phi) is 28.5. The highest BCUT2D eigenvalue weighted by Gasteiger charge is 2.28. The standard InChI is InChI=1S/C31H56N4O11S/c1-25(36)47-22-12-8-6-4-2-3-5-7-9-14-27(37)32-16-18-45-20-21-46-19-17-34-31(44)33-15-11-10-13-26(30(42)43)35(23-28(38)39)24-29(40)41/h26H,2-24H2,1H3,(H,32,37)(H,38,39)(H,40,41)(H,42,43)(H2,33,34,44). The van der Waals surface area contributed by atoms with E-state index >= 15 is 0 Å². The Morgan fingerprint density at radius 3 is 1.68 bits per heavy atom. The van der Waals surface area contributed by atoms with Gasteiger partial charge in [-0.05, 0) is 32.1 Å². The molecule has 0 aliphatic heterocycles. The predicted octanol–water partition coefficient (Wildman–Crippen LogP) is 2.71. The molecule has 0 saturated carbocycles. The molecule has 0 aliphatic carbocycles. The lowest BCUT2D eigenvalue weighted by Gasteiger charge is -2.25. The molecule has 0 aromatic heterocycles. The van der Waals surface area contributed by atoms with E-state index in [4.69, 9.17) is 19.7 Å². The van der Waals surface area contributed by atoms with Crippen LogP contribution in [0.4, 0.5) is 4.79 Å². The normalized spacial score (nSPS) is 11.6. The first-order valence-electron chi connectivity index (χ1n) is 16.5. The van der Waals surface area contributed by atoms with Crippen LogP contribution in [0.3, 0.4) is 0 Å². The number of nitrogens with zero attached hydrogens (tertiary/aromatic N) is 1. The summed E-state index contributed by atoms with van der Waals surface area (Å²) in [5, 5.41) is 35.5. The van der Waals surface area contributed by atoms with Gasteiger partial charge in [0.15, 0.2) is 5.12 Å². The van der Waals surface area contributed by atoms with Crippen LogP contribution in [-0.4, -0.2) is 126 Å². The largest absolute Gasteiger partial charge is 0.480 e. The molecular formula is C31H56N4O11S. The van der Waals surface area contributed by atoms with Gasteiger partial charge in [-0.25, -0.2) is 4.79 Å². The lowest BCUT2D eigenvalue weighted by molar-refractivity contribution is -0.149. The predicted molar refractivity (Wildman–Crippen MR) is 177 cm³/mol. The van der Waals surface area contributed by atoms with Crippen LogP contribution >= 0.6 is 11.8 Å². The summed E-state index contributed by atoms with van der Waals surface area (Å²) < 4.78 is 10.8. The second kappa shape index (κ2) is 30.4. The van der Waals surface area contributed by atoms with Crippen molar-refractivity contribution >= 4 is 46.7 Å². The Balaban J connectivity index is 3.60. The molecule has 272 valence electrons. The van der Waals surface area contributed by atoms with E-state index in [0.29, 0.717) is 45.6 Å². The molecule has 0 aromatic rings. The van der Waals surface area contributed by atoms with Crippen LogP contribution in [0.2, 0.25) is 0 Å². The average molecular weight is 693 g/mol. The fourth-order valence-corrected chi connectivity index (χ4v) is 5.20. The van der Waals surface area contributed by atoms with E-state index in [-0.39, 0.29) is 37.1 Å². The van der Waals surface area contributed by atoms with Crippen LogP contribution in [0.5, 0.6) is 0 Å². The molecule has 47 heavy (non-hydrogen) atoms. The van der Waals surface area contributed by atoms with Crippen molar-refractivity contribution < 1.29 is 53.6 Å². The zero-order chi connectivity index (χ0) is 35.1. The number of carboxylic acids is 3. The summed E-state index contributed by atoms with van der Waals surface area (Å²) in [6.07, 6.45) is 11.5. The van der Waals surface area contributed by atoms with E-state index in [9.17, 15) is 33.9 Å². The summed E-state index contributed by atoms with van der Waals surface area (Å²) in [6.45, 7) is 2.51. The van der Waals surface area contributed by atoms with Gasteiger partial charge < -0.3 is 40.7 Å². The molecule has 0 spiro atoms. The molecule has 0 heterocycles. The minimum absolute atomic E-state index is 0.0280. The second-order valence-corrected chi connectivity index (χ2v) is 12.3. The quantitative estimate of drug-likeness (QED) is 0.0559. The maximum absolute atomic E-state index is 11.9. The van der Waals surface area contributed by atoms with Crippen molar-refractivity contribution in [3.05, 3.63) is 0 Å². The molecule has 0 saturated heterocycles. The molecular weight excluding hydrogens is 636 g/mol. The molecule has 0 fully saturated rings. The lowest BCUT2D eigenvalue weighted by atomic mass is 10.1. The number of carbonyl (C=O) groups excluding carboxylic acids is 3. The molecule has 16 heteroatoms. The van der Waals surface area contributed by atoms with Gasteiger partial charge in [-0.2, -0.15) is 0 Å². The van der Waals surface area contributed by atoms with Gasteiger partial charge >= 0.3 is 23.9 Å². The van der Waals surface area contributed by atoms with Crippen molar-refractivity contribution in [3.8, 4) is 0 Å². The number of hydrogen-bond donors (Lipinski definition) is 6. The van der Waals surface area contributed by atoms with Crippen molar-refractivity contribution in [3.63, 3.8) is 0 Å². The zero-order valence-corrected chi connectivity index (χ0v) is 28.6. The van der Waals surface area contributed by atoms with Crippen molar-refractivity contribution in [2.75, 3.05) is 64.9 Å². The molecule has 0 bridgehead atoms. The Morgan fingerprint density at radius 1 is 0.638 bits per heavy atom. The minimum atomic E-state index is -1.32. The summed E-state index contributed by atoms with van der Waals surface area (Å²) in [5.74, 6) is -2.99. The van der Waals surface area contributed by atoms with E-state index in [1.165, 1.54) is 43.9 Å². The summed E-state index contributed by atoms with van der Waals surface area (Å²) in [4.78, 5) is 69.0. The van der Waals surface area contributed by atoms with E-state index in [1.54, 1.807) is 6.92 Å². The van der Waals surface area contributed by atoms with Gasteiger partial charge in [-0.1, -0.05) is 56.7 Å². The molecule has 15 nitrogen and oxygen atoms in total. The van der Waals surface area contributed by atoms with Crippen molar-refractivity contribution in [2.24, 2.45) is 0 Å². The molecule has 1 atom stereocenters. The number of ether oxygens (including phenoxy) is 2. The first-order valence-corrected chi connectivity index (χ1v) is 17.5. The van der Waals surface area contributed by atoms with Gasteiger partial charge in [0, 0.05) is 38.7 Å². The third-order valence-electron chi connectivity index (χ3n) is 6.92. The maximum atomic E-state index is 11.9. The van der Waals surface area contributed by atoms with Gasteiger partial charge in [0.1, 0.15) is 6.04 Å². The summed E-state index contributed by atoms with van der Waals surface area (Å²) in [5.41, 5.74) is 0. The van der Waals surface area contributed by atoms with Gasteiger partial charge in [-0.3, -0.25) is 28.9 Å². The Labute approximate surface area is 282 Å². The fourth-order valence-electron chi connectivity index (χ4n) is 4.56. The Morgan fingerprint density at radius 2 is 1.15 bits per heavy atom. The van der Waals surface area contributed by atoms with Crippen molar-refractivity contribution in [1.29, 1.82) is 0 Å². The molecule has 0 aromatic carbocycles. The highest BCUT2D eigenvalue weighted by Crippen LogP contribution is 2.13. The molecule has 6 N–H and O–H groups in total. The summed E-state index contributed by atoms with van der Waals surface area (Å²) in [7, 11) is 0. The number of thioether (sulfide) groups is 1. The van der Waals surface area contributed by atoms with Gasteiger partial charge in [0.2, 0.25) is 5.91 Å².